The first-order valence-electron chi connectivity index (χ1n) is 6.62. The number of amides is 1. The first-order chi connectivity index (χ1) is 8.63. The molecule has 1 amide bonds. The number of aliphatic carboxylic acids is 1. The molecule has 5 nitrogen and oxygen atoms in total. The lowest BCUT2D eigenvalue weighted by Crippen LogP contribution is -2.34. The minimum atomic E-state index is -0.734. The Bertz CT molecular complexity index is 272. The van der Waals surface area contributed by atoms with Crippen molar-refractivity contribution < 1.29 is 19.4 Å². The summed E-state index contributed by atoms with van der Waals surface area (Å²) in [5, 5.41) is 11.6. The molecule has 18 heavy (non-hydrogen) atoms. The average molecular weight is 257 g/mol. The van der Waals surface area contributed by atoms with Crippen molar-refractivity contribution in [3.63, 3.8) is 0 Å². The van der Waals surface area contributed by atoms with Crippen LogP contribution in [0.1, 0.15) is 38.5 Å². The number of ether oxygens (including phenoxy) is 1. The molecule has 0 saturated heterocycles. The molecule has 5 heteroatoms. The largest absolute Gasteiger partial charge is 0.481 e. The van der Waals surface area contributed by atoms with E-state index in [0.29, 0.717) is 13.2 Å². The number of hydrogen-bond acceptors (Lipinski definition) is 3. The van der Waals surface area contributed by atoms with E-state index in [1.807, 2.05) is 0 Å². The van der Waals surface area contributed by atoms with Crippen LogP contribution in [0.3, 0.4) is 0 Å². The molecule has 0 atom stereocenters. The van der Waals surface area contributed by atoms with Gasteiger partial charge in [-0.3, -0.25) is 9.59 Å². The Balaban J connectivity index is 2.17. The Kier molecular flexibility index (Phi) is 6.72. The lowest BCUT2D eigenvalue weighted by atomic mass is 9.80. The van der Waals surface area contributed by atoms with E-state index < -0.39 is 5.97 Å². The maximum Gasteiger partial charge on any atom is 0.303 e. The molecular weight excluding hydrogens is 234 g/mol. The van der Waals surface area contributed by atoms with Crippen molar-refractivity contribution in [2.75, 3.05) is 20.3 Å². The van der Waals surface area contributed by atoms with Crippen LogP contribution in [0.25, 0.3) is 0 Å². The summed E-state index contributed by atoms with van der Waals surface area (Å²) in [5.74, 6) is -0.306. The summed E-state index contributed by atoms with van der Waals surface area (Å²) < 4.78 is 4.91. The Morgan fingerprint density at radius 3 is 2.50 bits per heavy atom. The number of rotatable bonds is 7. The number of carbonyl (C=O) groups excluding carboxylic acids is 1. The molecule has 0 unspecified atom stereocenters. The van der Waals surface area contributed by atoms with Crippen LogP contribution < -0.4 is 5.32 Å². The summed E-state index contributed by atoms with van der Waals surface area (Å²) in [7, 11) is 1.64. The van der Waals surface area contributed by atoms with Crippen LogP contribution >= 0.6 is 0 Å². The molecule has 1 fully saturated rings. The van der Waals surface area contributed by atoms with Crippen LogP contribution in [0.5, 0.6) is 0 Å². The molecule has 104 valence electrons. The fraction of sp³-hybridized carbons (Fsp3) is 0.846. The summed E-state index contributed by atoms with van der Waals surface area (Å²) in [6.07, 6.45) is 4.39. The maximum atomic E-state index is 11.8. The number of carboxylic acids is 1. The first kappa shape index (κ1) is 15.0. The van der Waals surface area contributed by atoms with Gasteiger partial charge in [-0.1, -0.05) is 0 Å². The van der Waals surface area contributed by atoms with Crippen LogP contribution in [-0.2, 0) is 14.3 Å². The number of carboxylic acid groups (broad SMARTS) is 1. The number of nitrogens with one attached hydrogen (secondary N) is 1. The van der Waals surface area contributed by atoms with Gasteiger partial charge in [0.2, 0.25) is 5.91 Å². The van der Waals surface area contributed by atoms with Crippen molar-refractivity contribution >= 4 is 11.9 Å². The molecule has 0 aliphatic heterocycles. The molecular formula is C13H23NO4. The highest BCUT2D eigenvalue weighted by Crippen LogP contribution is 2.30. The third-order valence-electron chi connectivity index (χ3n) is 3.51. The van der Waals surface area contributed by atoms with Crippen molar-refractivity contribution in [1.82, 2.24) is 5.32 Å². The van der Waals surface area contributed by atoms with Gasteiger partial charge in [0, 0.05) is 32.6 Å². The van der Waals surface area contributed by atoms with Crippen molar-refractivity contribution in [2.45, 2.75) is 38.5 Å². The van der Waals surface area contributed by atoms with Gasteiger partial charge in [0.25, 0.3) is 0 Å². The lowest BCUT2D eigenvalue weighted by molar-refractivity contribution is -0.138. The van der Waals surface area contributed by atoms with Crippen LogP contribution in [-0.4, -0.2) is 37.2 Å². The third-order valence-corrected chi connectivity index (χ3v) is 3.51. The fourth-order valence-corrected chi connectivity index (χ4v) is 2.45. The van der Waals surface area contributed by atoms with Crippen LogP contribution in [0.4, 0.5) is 0 Å². The second-order valence-electron chi connectivity index (χ2n) is 4.95. The van der Waals surface area contributed by atoms with Gasteiger partial charge in [-0.25, -0.2) is 0 Å². The zero-order valence-electron chi connectivity index (χ0n) is 11.0. The second kappa shape index (κ2) is 8.08. The van der Waals surface area contributed by atoms with Gasteiger partial charge in [0.05, 0.1) is 0 Å². The molecule has 0 aromatic heterocycles. The molecule has 0 heterocycles. The molecule has 2 N–H and O–H groups in total. The Morgan fingerprint density at radius 1 is 1.28 bits per heavy atom. The van der Waals surface area contributed by atoms with Gasteiger partial charge in [-0.15, -0.1) is 0 Å². The molecule has 0 spiro atoms. The molecule has 0 bridgehead atoms. The van der Waals surface area contributed by atoms with E-state index in [2.05, 4.69) is 5.32 Å². The van der Waals surface area contributed by atoms with Crippen LogP contribution in [0.2, 0.25) is 0 Å². The van der Waals surface area contributed by atoms with Gasteiger partial charge in [-0.2, -0.15) is 0 Å². The minimum absolute atomic E-state index is 0.0672. The van der Waals surface area contributed by atoms with E-state index in [1.54, 1.807) is 7.11 Å². The summed E-state index contributed by atoms with van der Waals surface area (Å²) in [6, 6.07) is 0. The Morgan fingerprint density at radius 2 is 1.94 bits per heavy atom. The highest BCUT2D eigenvalue weighted by Gasteiger charge is 2.26. The summed E-state index contributed by atoms with van der Waals surface area (Å²) in [5.41, 5.74) is 0. The zero-order chi connectivity index (χ0) is 13.4. The van der Waals surface area contributed by atoms with Crippen LogP contribution in [0.15, 0.2) is 0 Å². The van der Waals surface area contributed by atoms with Crippen LogP contribution in [0, 0.1) is 11.8 Å². The quantitative estimate of drug-likeness (QED) is 0.676. The van der Waals surface area contributed by atoms with Crippen molar-refractivity contribution in [3.8, 4) is 0 Å². The van der Waals surface area contributed by atoms with E-state index in [4.69, 9.17) is 9.84 Å². The Labute approximate surface area is 108 Å². The van der Waals surface area contributed by atoms with Crippen molar-refractivity contribution in [2.24, 2.45) is 11.8 Å². The SMILES string of the molecule is COCCCNC(=O)C1CCC(CC(=O)O)CC1. The van der Waals surface area contributed by atoms with Crippen molar-refractivity contribution in [1.29, 1.82) is 0 Å². The van der Waals surface area contributed by atoms with Gasteiger partial charge in [0.15, 0.2) is 0 Å². The minimum Gasteiger partial charge on any atom is -0.481 e. The molecule has 0 radical (unpaired) electrons. The standard InChI is InChI=1S/C13H23NO4/c1-18-8-2-7-14-13(17)11-5-3-10(4-6-11)9-12(15)16/h10-11H,2-9H2,1H3,(H,14,17)(H,15,16). The zero-order valence-corrected chi connectivity index (χ0v) is 11.0. The average Bonchev–Trinajstić information content (AvgIpc) is 2.34. The van der Waals surface area contributed by atoms with Gasteiger partial charge >= 0.3 is 5.97 Å². The molecule has 0 aromatic carbocycles. The molecule has 1 saturated carbocycles. The van der Waals surface area contributed by atoms with E-state index in [-0.39, 0.29) is 24.2 Å². The van der Waals surface area contributed by atoms with E-state index in [0.717, 1.165) is 32.1 Å². The number of carbonyl (C=O) groups is 2. The second-order valence-corrected chi connectivity index (χ2v) is 4.95. The third kappa shape index (κ3) is 5.49. The molecule has 1 aliphatic rings. The van der Waals surface area contributed by atoms with E-state index in [1.165, 1.54) is 0 Å². The van der Waals surface area contributed by atoms with Gasteiger partial charge < -0.3 is 15.2 Å². The van der Waals surface area contributed by atoms with E-state index in [9.17, 15) is 9.59 Å². The summed E-state index contributed by atoms with van der Waals surface area (Å²) >= 11 is 0. The van der Waals surface area contributed by atoms with Gasteiger partial charge in [0.1, 0.15) is 0 Å². The maximum absolute atomic E-state index is 11.8. The smallest absolute Gasteiger partial charge is 0.303 e. The van der Waals surface area contributed by atoms with E-state index >= 15 is 0 Å². The van der Waals surface area contributed by atoms with Crippen molar-refractivity contribution in [3.05, 3.63) is 0 Å². The summed E-state index contributed by atoms with van der Waals surface area (Å²) in [4.78, 5) is 22.4. The first-order valence-corrected chi connectivity index (χ1v) is 6.62. The highest BCUT2D eigenvalue weighted by atomic mass is 16.5. The predicted molar refractivity (Wildman–Crippen MR) is 67.2 cm³/mol. The lowest BCUT2D eigenvalue weighted by Gasteiger charge is -2.26. The normalized spacial score (nSPS) is 23.6. The number of methoxy groups -OCH3 is 1. The Hall–Kier alpha value is -1.10. The molecule has 1 rings (SSSR count). The summed E-state index contributed by atoms with van der Waals surface area (Å²) in [6.45, 7) is 1.31. The predicted octanol–water partition coefficient (Wildman–Crippen LogP) is 1.42. The fourth-order valence-electron chi connectivity index (χ4n) is 2.45. The monoisotopic (exact) mass is 257 g/mol. The topological polar surface area (TPSA) is 75.6 Å². The van der Waals surface area contributed by atoms with Gasteiger partial charge in [-0.05, 0) is 38.0 Å². The molecule has 1 aliphatic carbocycles. The highest BCUT2D eigenvalue weighted by molar-refractivity contribution is 5.78. The molecule has 0 aromatic rings. The number of hydrogen-bond donors (Lipinski definition) is 2.